The van der Waals surface area contributed by atoms with Gasteiger partial charge in [0.25, 0.3) is 5.91 Å². The minimum absolute atomic E-state index is 0.0829. The predicted octanol–water partition coefficient (Wildman–Crippen LogP) is 6.99. The van der Waals surface area contributed by atoms with Gasteiger partial charge in [0.2, 0.25) is 0 Å². The zero-order valence-corrected chi connectivity index (χ0v) is 19.9. The number of nitrogens with zero attached hydrogens (tertiary/aromatic N) is 1. The van der Waals surface area contributed by atoms with Gasteiger partial charge in [0.05, 0.1) is 0 Å². The van der Waals surface area contributed by atoms with Crippen LogP contribution in [-0.2, 0) is 11.4 Å². The van der Waals surface area contributed by atoms with Crippen molar-refractivity contribution in [2.24, 2.45) is 0 Å². The van der Waals surface area contributed by atoms with Crippen LogP contribution in [0.1, 0.15) is 54.4 Å². The Morgan fingerprint density at radius 1 is 0.794 bits per heavy atom. The summed E-state index contributed by atoms with van der Waals surface area (Å²) in [5.41, 5.74) is 2.47. The van der Waals surface area contributed by atoms with Crippen LogP contribution in [0.5, 0.6) is 5.75 Å². The number of unbranched alkanes of at least 4 members (excludes halogenated alkanes) is 4. The lowest BCUT2D eigenvalue weighted by Crippen LogP contribution is -2.31. The van der Waals surface area contributed by atoms with Crippen LogP contribution in [-0.4, -0.2) is 23.5 Å². The Balaban J connectivity index is 1.62. The first-order valence-electron chi connectivity index (χ1n) is 11.6. The molecule has 34 heavy (non-hydrogen) atoms. The van der Waals surface area contributed by atoms with Crippen molar-refractivity contribution in [1.82, 2.24) is 0 Å². The van der Waals surface area contributed by atoms with Gasteiger partial charge in [-0.15, -0.1) is 0 Å². The Labute approximate surface area is 205 Å². The van der Waals surface area contributed by atoms with Gasteiger partial charge >= 0.3 is 5.97 Å². The van der Waals surface area contributed by atoms with Gasteiger partial charge < -0.3 is 14.7 Å². The zero-order valence-electron chi connectivity index (χ0n) is 19.2. The molecule has 0 radical (unpaired) electrons. The molecule has 5 nitrogen and oxygen atoms in total. The van der Waals surface area contributed by atoms with Crippen molar-refractivity contribution in [2.45, 2.75) is 45.1 Å². The third-order valence-corrected chi connectivity index (χ3v) is 5.76. The smallest absolute Gasteiger partial charge is 0.303 e. The topological polar surface area (TPSA) is 66.8 Å². The van der Waals surface area contributed by atoms with E-state index < -0.39 is 5.97 Å². The fourth-order valence-electron chi connectivity index (χ4n) is 3.64. The molecule has 0 bridgehead atoms. The summed E-state index contributed by atoms with van der Waals surface area (Å²) < 4.78 is 5.88. The average Bonchev–Trinajstić information content (AvgIpc) is 2.85. The van der Waals surface area contributed by atoms with Crippen molar-refractivity contribution < 1.29 is 19.4 Å². The largest absolute Gasteiger partial charge is 0.489 e. The summed E-state index contributed by atoms with van der Waals surface area (Å²) in [4.78, 5) is 25.7. The number of aliphatic carboxylic acids is 1. The Morgan fingerprint density at radius 3 is 2.12 bits per heavy atom. The fourth-order valence-corrected chi connectivity index (χ4v) is 3.76. The second kappa shape index (κ2) is 13.4. The standard InChI is InChI=1S/C28H30ClNO4/c29-24-14-12-23(13-15-24)28(33)30(20-8-3-1-2-7-11-27(31)32)25-16-18-26(19-17-25)34-21-22-9-5-4-6-10-22/h4-6,9-10,12-19H,1-3,7-8,11,20-21H2,(H,31,32). The third kappa shape index (κ3) is 8.23. The molecule has 0 saturated heterocycles. The van der Waals surface area contributed by atoms with Gasteiger partial charge in [0.1, 0.15) is 12.4 Å². The molecule has 0 heterocycles. The van der Waals surface area contributed by atoms with Crippen LogP contribution >= 0.6 is 11.6 Å². The summed E-state index contributed by atoms with van der Waals surface area (Å²) in [6.45, 7) is 1.06. The molecule has 6 heteroatoms. The molecule has 1 N–H and O–H groups in total. The average molecular weight is 480 g/mol. The molecule has 0 aromatic heterocycles. The number of benzene rings is 3. The number of amides is 1. The second-order valence-electron chi connectivity index (χ2n) is 8.14. The Hall–Kier alpha value is -3.31. The highest BCUT2D eigenvalue weighted by Crippen LogP contribution is 2.23. The monoisotopic (exact) mass is 479 g/mol. The number of hydrogen-bond acceptors (Lipinski definition) is 3. The molecule has 3 aromatic rings. The third-order valence-electron chi connectivity index (χ3n) is 5.51. The molecule has 3 aromatic carbocycles. The highest BCUT2D eigenvalue weighted by molar-refractivity contribution is 6.30. The van der Waals surface area contributed by atoms with E-state index in [1.54, 1.807) is 29.2 Å². The van der Waals surface area contributed by atoms with E-state index in [2.05, 4.69) is 0 Å². The number of rotatable bonds is 13. The minimum Gasteiger partial charge on any atom is -0.489 e. The van der Waals surface area contributed by atoms with Crippen LogP contribution < -0.4 is 9.64 Å². The van der Waals surface area contributed by atoms with Crippen molar-refractivity contribution in [2.75, 3.05) is 11.4 Å². The summed E-state index contributed by atoms with van der Waals surface area (Å²) >= 11 is 5.99. The lowest BCUT2D eigenvalue weighted by Gasteiger charge is -2.23. The van der Waals surface area contributed by atoms with E-state index in [1.165, 1.54) is 0 Å². The van der Waals surface area contributed by atoms with Crippen LogP contribution in [0, 0.1) is 0 Å². The first kappa shape index (κ1) is 25.3. The van der Waals surface area contributed by atoms with Gasteiger partial charge in [0.15, 0.2) is 0 Å². The molecular weight excluding hydrogens is 450 g/mol. The van der Waals surface area contributed by atoms with Gasteiger partial charge in [-0.1, -0.05) is 61.2 Å². The number of halogens is 1. The van der Waals surface area contributed by atoms with Gasteiger partial charge in [0, 0.05) is 29.2 Å². The SMILES string of the molecule is O=C(O)CCCCCCCN(C(=O)c1ccc(Cl)cc1)c1ccc(OCc2ccccc2)cc1. The number of hydrogen-bond donors (Lipinski definition) is 1. The summed E-state index contributed by atoms with van der Waals surface area (Å²) in [5.74, 6) is -0.0960. The lowest BCUT2D eigenvalue weighted by molar-refractivity contribution is -0.137. The lowest BCUT2D eigenvalue weighted by atomic mass is 10.1. The van der Waals surface area contributed by atoms with Crippen LogP contribution in [0.2, 0.25) is 5.02 Å². The molecule has 0 fully saturated rings. The molecular formula is C28H30ClNO4. The van der Waals surface area contributed by atoms with E-state index in [0.29, 0.717) is 30.2 Å². The van der Waals surface area contributed by atoms with Crippen LogP contribution in [0.3, 0.4) is 0 Å². The van der Waals surface area contributed by atoms with E-state index >= 15 is 0 Å². The normalized spacial score (nSPS) is 10.6. The highest BCUT2D eigenvalue weighted by Gasteiger charge is 2.17. The van der Waals surface area contributed by atoms with E-state index in [1.807, 2.05) is 54.6 Å². The number of carboxylic acid groups (broad SMARTS) is 1. The predicted molar refractivity (Wildman–Crippen MR) is 136 cm³/mol. The van der Waals surface area contributed by atoms with E-state index in [9.17, 15) is 9.59 Å². The number of ether oxygens (including phenoxy) is 1. The molecule has 3 rings (SSSR count). The Kier molecular flexibility index (Phi) is 9.98. The van der Waals surface area contributed by atoms with Crippen LogP contribution in [0.4, 0.5) is 5.69 Å². The minimum atomic E-state index is -0.754. The molecule has 1 amide bonds. The quantitative estimate of drug-likeness (QED) is 0.268. The first-order chi connectivity index (χ1) is 16.5. The van der Waals surface area contributed by atoms with Gasteiger partial charge in [-0.05, 0) is 66.9 Å². The van der Waals surface area contributed by atoms with Crippen LogP contribution in [0.25, 0.3) is 0 Å². The zero-order chi connectivity index (χ0) is 24.2. The van der Waals surface area contributed by atoms with Crippen molar-refractivity contribution in [1.29, 1.82) is 0 Å². The molecule has 0 aliphatic rings. The summed E-state index contributed by atoms with van der Waals surface area (Å²) in [7, 11) is 0. The van der Waals surface area contributed by atoms with Crippen molar-refractivity contribution in [3.05, 3.63) is 95.0 Å². The summed E-state index contributed by atoms with van der Waals surface area (Å²) in [5, 5.41) is 9.34. The van der Waals surface area contributed by atoms with Crippen LogP contribution in [0.15, 0.2) is 78.9 Å². The number of carbonyl (C=O) groups excluding carboxylic acids is 1. The van der Waals surface area contributed by atoms with Crippen molar-refractivity contribution in [3.8, 4) is 5.75 Å². The fraction of sp³-hybridized carbons (Fsp3) is 0.286. The molecule has 0 aliphatic carbocycles. The maximum atomic E-state index is 13.3. The van der Waals surface area contributed by atoms with Gasteiger partial charge in [-0.3, -0.25) is 9.59 Å². The molecule has 0 saturated carbocycles. The molecule has 0 aliphatic heterocycles. The second-order valence-corrected chi connectivity index (χ2v) is 8.58. The van der Waals surface area contributed by atoms with Gasteiger partial charge in [-0.2, -0.15) is 0 Å². The molecule has 0 spiro atoms. The maximum Gasteiger partial charge on any atom is 0.303 e. The summed E-state index contributed by atoms with van der Waals surface area (Å²) in [6, 6.07) is 24.4. The maximum absolute atomic E-state index is 13.3. The number of carboxylic acids is 1. The number of carbonyl (C=O) groups is 2. The van der Waals surface area contributed by atoms with E-state index in [-0.39, 0.29) is 12.3 Å². The van der Waals surface area contributed by atoms with E-state index in [0.717, 1.165) is 42.7 Å². The van der Waals surface area contributed by atoms with E-state index in [4.69, 9.17) is 21.4 Å². The summed E-state index contributed by atoms with van der Waals surface area (Å²) in [6.07, 6.45) is 4.49. The van der Waals surface area contributed by atoms with Crippen molar-refractivity contribution >= 4 is 29.2 Å². The molecule has 0 atom stereocenters. The van der Waals surface area contributed by atoms with Gasteiger partial charge in [-0.25, -0.2) is 0 Å². The first-order valence-corrected chi connectivity index (χ1v) is 12.0. The highest BCUT2D eigenvalue weighted by atomic mass is 35.5. The molecule has 0 unspecified atom stereocenters. The Morgan fingerprint density at radius 2 is 1.44 bits per heavy atom. The number of anilines is 1. The molecule has 178 valence electrons. The van der Waals surface area contributed by atoms with Crippen molar-refractivity contribution in [3.63, 3.8) is 0 Å². The Bertz CT molecular complexity index is 1040.